The Morgan fingerprint density at radius 3 is 1.91 bits per heavy atom. The van der Waals surface area contributed by atoms with Gasteiger partial charge < -0.3 is 24.0 Å². The molecule has 3 atom stereocenters. The highest BCUT2D eigenvalue weighted by atomic mass is 31.2. The van der Waals surface area contributed by atoms with Crippen LogP contribution in [0.25, 0.3) is 0 Å². The van der Waals surface area contributed by atoms with Crippen molar-refractivity contribution >= 4 is 14.6 Å². The zero-order chi connectivity index (χ0) is 26.0. The summed E-state index contributed by atoms with van der Waals surface area (Å²) in [6, 6.07) is 0. The van der Waals surface area contributed by atoms with E-state index in [1.54, 1.807) is 6.92 Å². The van der Waals surface area contributed by atoms with Gasteiger partial charge in [-0.3, -0.25) is 4.79 Å². The van der Waals surface area contributed by atoms with E-state index in [2.05, 4.69) is 19.2 Å². The Labute approximate surface area is 218 Å². The van der Waals surface area contributed by atoms with E-state index >= 15 is 0 Å². The zero-order valence-corrected chi connectivity index (χ0v) is 24.4. The first-order valence-electron chi connectivity index (χ1n) is 14.6. The third-order valence-corrected chi connectivity index (χ3v) is 7.29. The van der Waals surface area contributed by atoms with Crippen LogP contribution in [-0.2, 0) is 18.6 Å². The lowest BCUT2D eigenvalue weighted by Crippen LogP contribution is -2.23. The van der Waals surface area contributed by atoms with Gasteiger partial charge in [0.25, 0.3) is 0 Å². The lowest BCUT2D eigenvalue weighted by atomic mass is 9.96. The van der Waals surface area contributed by atoms with Crippen LogP contribution >= 0.6 is 8.60 Å². The summed E-state index contributed by atoms with van der Waals surface area (Å²) in [4.78, 5) is 21.7. The first-order chi connectivity index (χ1) is 17.0. The summed E-state index contributed by atoms with van der Waals surface area (Å²) in [6.07, 6.45) is 21.8. The van der Waals surface area contributed by atoms with Gasteiger partial charge in [-0.15, -0.1) is 0 Å². The fourth-order valence-corrected chi connectivity index (χ4v) is 4.80. The minimum Gasteiger partial charge on any atom is -0.460 e. The van der Waals surface area contributed by atoms with E-state index in [0.29, 0.717) is 18.9 Å². The average molecular weight is 520 g/mol. The molecule has 0 heterocycles. The molecular formula is C28H58NO5P. The van der Waals surface area contributed by atoms with E-state index < -0.39 is 8.60 Å². The average Bonchev–Trinajstić information content (AvgIpc) is 2.86. The Bertz CT molecular complexity index is 455. The molecule has 7 heteroatoms. The standard InChI is InChI=1S/C28H58NO5P/c1-5-7-8-9-10-11-12-13-14-15-16-17-18-20-26(3)21-22-27(34-28(30)6-2)25-33-35(31)32-24-19-23-29-4/h26-27,29,31H,5-25H2,1-4H3. The molecule has 0 aliphatic heterocycles. The van der Waals surface area contributed by atoms with Gasteiger partial charge in [0, 0.05) is 6.42 Å². The van der Waals surface area contributed by atoms with Crippen LogP contribution in [0.15, 0.2) is 0 Å². The maximum absolute atomic E-state index is 11.8. The van der Waals surface area contributed by atoms with Crippen LogP contribution in [0.2, 0.25) is 0 Å². The largest absolute Gasteiger partial charge is 0.460 e. The SMILES string of the molecule is CCCCCCCCCCCCCCCC(C)CCC(COP(O)OCCCNC)OC(=O)CC. The van der Waals surface area contributed by atoms with Crippen LogP contribution in [0.4, 0.5) is 0 Å². The van der Waals surface area contributed by atoms with Crippen molar-refractivity contribution in [2.75, 3.05) is 26.8 Å². The highest BCUT2D eigenvalue weighted by Gasteiger charge is 2.18. The molecule has 6 nitrogen and oxygen atoms in total. The third kappa shape index (κ3) is 25.2. The van der Waals surface area contributed by atoms with Gasteiger partial charge >= 0.3 is 14.6 Å². The lowest BCUT2D eigenvalue weighted by Gasteiger charge is -2.21. The number of carbonyl (C=O) groups excluding carboxylic acids is 1. The van der Waals surface area contributed by atoms with E-state index in [0.717, 1.165) is 25.8 Å². The summed E-state index contributed by atoms with van der Waals surface area (Å²) >= 11 is 0. The summed E-state index contributed by atoms with van der Waals surface area (Å²) in [6.45, 7) is 7.81. The normalized spacial score (nSPS) is 14.1. The fourth-order valence-electron chi connectivity index (χ4n) is 4.15. The Balaban J connectivity index is 3.83. The molecule has 0 saturated heterocycles. The van der Waals surface area contributed by atoms with Crippen LogP contribution in [0, 0.1) is 5.92 Å². The molecule has 0 saturated carbocycles. The van der Waals surface area contributed by atoms with Crippen molar-refractivity contribution < 1.29 is 23.5 Å². The maximum Gasteiger partial charge on any atom is 0.329 e. The van der Waals surface area contributed by atoms with Gasteiger partial charge in [0.15, 0.2) is 0 Å². The van der Waals surface area contributed by atoms with Crippen LogP contribution < -0.4 is 5.32 Å². The van der Waals surface area contributed by atoms with Gasteiger partial charge in [-0.1, -0.05) is 111 Å². The first kappa shape index (κ1) is 34.7. The minimum absolute atomic E-state index is 0.186. The number of esters is 1. The van der Waals surface area contributed by atoms with E-state index in [-0.39, 0.29) is 18.7 Å². The molecule has 0 radical (unpaired) electrons. The van der Waals surface area contributed by atoms with Crippen LogP contribution in [0.1, 0.15) is 136 Å². The van der Waals surface area contributed by atoms with Gasteiger partial charge in [-0.05, 0) is 38.8 Å². The topological polar surface area (TPSA) is 77.0 Å². The molecule has 3 unspecified atom stereocenters. The van der Waals surface area contributed by atoms with E-state index in [1.807, 2.05) is 7.05 Å². The van der Waals surface area contributed by atoms with Crippen molar-refractivity contribution in [1.29, 1.82) is 0 Å². The number of hydrogen-bond acceptors (Lipinski definition) is 6. The summed E-state index contributed by atoms with van der Waals surface area (Å²) in [7, 11) is -0.0488. The molecule has 0 spiro atoms. The second-order valence-electron chi connectivity index (χ2n) is 10.0. The molecule has 0 aliphatic rings. The van der Waals surface area contributed by atoms with Crippen molar-refractivity contribution in [2.24, 2.45) is 5.92 Å². The number of rotatable bonds is 27. The molecule has 0 fully saturated rings. The monoisotopic (exact) mass is 519 g/mol. The molecule has 0 bridgehead atoms. The summed E-state index contributed by atoms with van der Waals surface area (Å²) in [5.74, 6) is 0.374. The molecule has 210 valence electrons. The van der Waals surface area contributed by atoms with Crippen LogP contribution in [0.3, 0.4) is 0 Å². The van der Waals surface area contributed by atoms with Crippen molar-refractivity contribution in [3.05, 3.63) is 0 Å². The Kier molecular flexibility index (Phi) is 26.6. The predicted octanol–water partition coefficient (Wildman–Crippen LogP) is 8.07. The van der Waals surface area contributed by atoms with Crippen molar-refractivity contribution in [2.45, 2.75) is 142 Å². The van der Waals surface area contributed by atoms with E-state index in [1.165, 1.54) is 89.9 Å². The lowest BCUT2D eigenvalue weighted by molar-refractivity contribution is -0.150. The predicted molar refractivity (Wildman–Crippen MR) is 148 cm³/mol. The smallest absolute Gasteiger partial charge is 0.329 e. The van der Waals surface area contributed by atoms with Gasteiger partial charge in [0.05, 0.1) is 13.2 Å². The van der Waals surface area contributed by atoms with E-state index in [4.69, 9.17) is 13.8 Å². The summed E-state index contributed by atoms with van der Waals surface area (Å²) < 4.78 is 16.3. The molecule has 0 aromatic carbocycles. The molecule has 0 aliphatic carbocycles. The molecular weight excluding hydrogens is 461 g/mol. The third-order valence-electron chi connectivity index (χ3n) is 6.51. The van der Waals surface area contributed by atoms with Gasteiger partial charge in [0.2, 0.25) is 0 Å². The van der Waals surface area contributed by atoms with Crippen molar-refractivity contribution in [3.63, 3.8) is 0 Å². The van der Waals surface area contributed by atoms with Gasteiger partial charge in [-0.25, -0.2) is 0 Å². The highest BCUT2D eigenvalue weighted by molar-refractivity contribution is 7.40. The molecule has 0 rings (SSSR count). The second-order valence-corrected chi connectivity index (χ2v) is 11.0. The highest BCUT2D eigenvalue weighted by Crippen LogP contribution is 2.33. The van der Waals surface area contributed by atoms with Crippen LogP contribution in [-0.4, -0.2) is 43.8 Å². The van der Waals surface area contributed by atoms with Crippen molar-refractivity contribution in [3.8, 4) is 0 Å². The summed E-state index contributed by atoms with van der Waals surface area (Å²) in [5.41, 5.74) is 0. The van der Waals surface area contributed by atoms with Gasteiger partial charge in [-0.2, -0.15) is 0 Å². The number of carbonyl (C=O) groups is 1. The Morgan fingerprint density at radius 1 is 0.800 bits per heavy atom. The zero-order valence-electron chi connectivity index (χ0n) is 23.5. The molecule has 35 heavy (non-hydrogen) atoms. The van der Waals surface area contributed by atoms with Crippen molar-refractivity contribution in [1.82, 2.24) is 5.32 Å². The Morgan fingerprint density at radius 2 is 1.37 bits per heavy atom. The first-order valence-corrected chi connectivity index (χ1v) is 15.7. The molecule has 0 aromatic heterocycles. The minimum atomic E-state index is -1.93. The van der Waals surface area contributed by atoms with Crippen LogP contribution in [0.5, 0.6) is 0 Å². The number of unbranched alkanes of at least 4 members (excludes halogenated alkanes) is 12. The van der Waals surface area contributed by atoms with E-state index in [9.17, 15) is 9.69 Å². The molecule has 0 amide bonds. The second kappa shape index (κ2) is 26.8. The molecule has 2 N–H and O–H groups in total. The summed E-state index contributed by atoms with van der Waals surface area (Å²) in [5, 5.41) is 3.03. The number of nitrogens with one attached hydrogen (secondary N) is 1. The number of hydrogen-bond donors (Lipinski definition) is 2. The van der Waals surface area contributed by atoms with Gasteiger partial charge in [0.1, 0.15) is 6.10 Å². The maximum atomic E-state index is 11.8. The Hall–Kier alpha value is -0.260. The number of ether oxygens (including phenoxy) is 1. The molecule has 0 aromatic rings. The fraction of sp³-hybridized carbons (Fsp3) is 0.964. The quantitative estimate of drug-likeness (QED) is 0.0649.